The molecule has 3 rings (SSSR count). The first-order chi connectivity index (χ1) is 13.6. The highest BCUT2D eigenvalue weighted by atomic mass is 35.5. The van der Waals surface area contributed by atoms with Crippen molar-refractivity contribution in [2.75, 3.05) is 18.4 Å². The fourth-order valence-corrected chi connectivity index (χ4v) is 3.07. The lowest BCUT2D eigenvalue weighted by molar-refractivity contribution is 0.0949. The van der Waals surface area contributed by atoms with Gasteiger partial charge >= 0.3 is 0 Å². The number of carbonyl (C=O) groups excluding carboxylic acids is 1. The van der Waals surface area contributed by atoms with Gasteiger partial charge in [0.15, 0.2) is 0 Å². The van der Waals surface area contributed by atoms with E-state index in [0.29, 0.717) is 30.4 Å². The Balaban J connectivity index is 1.53. The summed E-state index contributed by atoms with van der Waals surface area (Å²) in [5.41, 5.74) is 2.69. The molecule has 144 valence electrons. The number of aromatic nitrogens is 2. The van der Waals surface area contributed by atoms with Crippen molar-refractivity contribution < 1.29 is 4.79 Å². The summed E-state index contributed by atoms with van der Waals surface area (Å²) >= 11 is 6.01. The molecule has 6 heteroatoms. The van der Waals surface area contributed by atoms with Crippen molar-refractivity contribution in [3.05, 3.63) is 88.3 Å². The van der Waals surface area contributed by atoms with Crippen LogP contribution in [-0.4, -0.2) is 29.0 Å². The molecule has 0 radical (unpaired) electrons. The molecule has 0 aliphatic carbocycles. The van der Waals surface area contributed by atoms with E-state index in [1.165, 1.54) is 5.56 Å². The van der Waals surface area contributed by atoms with E-state index in [0.717, 1.165) is 23.4 Å². The topological polar surface area (TPSA) is 66.9 Å². The summed E-state index contributed by atoms with van der Waals surface area (Å²) in [5.74, 6) is 1.00. The summed E-state index contributed by atoms with van der Waals surface area (Å²) in [7, 11) is 0. The van der Waals surface area contributed by atoms with Crippen molar-refractivity contribution in [2.45, 2.75) is 19.8 Å². The fraction of sp³-hybridized carbons (Fsp3) is 0.227. The van der Waals surface area contributed by atoms with E-state index in [1.54, 1.807) is 13.0 Å². The molecule has 1 amide bonds. The Bertz CT molecular complexity index is 931. The number of amides is 1. The molecule has 0 spiro atoms. The molecular formula is C22H23ClN4O. The summed E-state index contributed by atoms with van der Waals surface area (Å²) in [6.45, 7) is 3.03. The Morgan fingerprint density at radius 1 is 0.929 bits per heavy atom. The Morgan fingerprint density at radius 3 is 2.46 bits per heavy atom. The molecule has 0 unspecified atom stereocenters. The lowest BCUT2D eigenvalue weighted by atomic mass is 10.1. The van der Waals surface area contributed by atoms with Crippen LogP contribution in [0.1, 0.15) is 27.4 Å². The predicted octanol–water partition coefficient (Wildman–Crippen LogP) is 4.07. The molecule has 0 aliphatic rings. The maximum atomic E-state index is 12.4. The van der Waals surface area contributed by atoms with Gasteiger partial charge in [-0.05, 0) is 43.0 Å². The van der Waals surface area contributed by atoms with Crippen LogP contribution in [0.3, 0.4) is 0 Å². The summed E-state index contributed by atoms with van der Waals surface area (Å²) in [6.07, 6.45) is 1.59. The van der Waals surface area contributed by atoms with E-state index in [9.17, 15) is 4.79 Å². The number of aryl methyl sites for hydroxylation is 1. The quantitative estimate of drug-likeness (QED) is 0.604. The van der Waals surface area contributed by atoms with Gasteiger partial charge in [-0.2, -0.15) is 0 Å². The molecule has 2 aromatic carbocycles. The molecule has 1 heterocycles. The first-order valence-corrected chi connectivity index (χ1v) is 9.64. The molecule has 2 N–H and O–H groups in total. The highest BCUT2D eigenvalue weighted by molar-refractivity contribution is 6.30. The number of nitrogens with one attached hydrogen (secondary N) is 2. The number of hydrogen-bond donors (Lipinski definition) is 2. The van der Waals surface area contributed by atoms with E-state index in [2.05, 4.69) is 20.6 Å². The van der Waals surface area contributed by atoms with Crippen molar-refractivity contribution in [1.82, 2.24) is 15.3 Å². The summed E-state index contributed by atoms with van der Waals surface area (Å²) in [5, 5.41) is 6.90. The number of carbonyl (C=O) groups is 1. The third kappa shape index (κ3) is 6.06. The molecule has 0 fully saturated rings. The smallest absolute Gasteiger partial charge is 0.270 e. The van der Waals surface area contributed by atoms with Gasteiger partial charge in [-0.1, -0.05) is 54.1 Å². The average molecular weight is 395 g/mol. The van der Waals surface area contributed by atoms with Gasteiger partial charge in [0.2, 0.25) is 0 Å². The zero-order valence-electron chi connectivity index (χ0n) is 15.8. The zero-order valence-corrected chi connectivity index (χ0v) is 16.5. The molecule has 0 aliphatic heterocycles. The van der Waals surface area contributed by atoms with Crippen LogP contribution < -0.4 is 10.6 Å². The zero-order chi connectivity index (χ0) is 19.8. The van der Waals surface area contributed by atoms with E-state index < -0.39 is 0 Å². The van der Waals surface area contributed by atoms with E-state index >= 15 is 0 Å². The number of halogens is 1. The molecule has 3 aromatic rings. The highest BCUT2D eigenvalue weighted by Gasteiger charge is 2.10. The van der Waals surface area contributed by atoms with Crippen LogP contribution in [-0.2, 0) is 12.8 Å². The number of rotatable bonds is 8. The first kappa shape index (κ1) is 19.8. The second-order valence-electron chi connectivity index (χ2n) is 6.48. The second kappa shape index (κ2) is 9.85. The van der Waals surface area contributed by atoms with Gasteiger partial charge in [-0.3, -0.25) is 4.79 Å². The van der Waals surface area contributed by atoms with Crippen LogP contribution in [0.4, 0.5) is 5.82 Å². The Kier molecular flexibility index (Phi) is 6.98. The summed E-state index contributed by atoms with van der Waals surface area (Å²) < 4.78 is 0. The van der Waals surface area contributed by atoms with Crippen LogP contribution in [0.2, 0.25) is 5.02 Å². The number of benzene rings is 2. The largest absolute Gasteiger partial charge is 0.370 e. The van der Waals surface area contributed by atoms with Crippen LogP contribution in [0, 0.1) is 6.92 Å². The van der Waals surface area contributed by atoms with Gasteiger partial charge < -0.3 is 10.6 Å². The predicted molar refractivity (Wildman–Crippen MR) is 113 cm³/mol. The molecule has 5 nitrogen and oxygen atoms in total. The third-order valence-corrected chi connectivity index (χ3v) is 4.46. The minimum Gasteiger partial charge on any atom is -0.370 e. The van der Waals surface area contributed by atoms with Gasteiger partial charge in [-0.25, -0.2) is 9.97 Å². The molecule has 0 atom stereocenters. The normalized spacial score (nSPS) is 10.5. The van der Waals surface area contributed by atoms with Gasteiger partial charge in [0.25, 0.3) is 5.91 Å². The van der Waals surface area contributed by atoms with Crippen molar-refractivity contribution in [3.63, 3.8) is 0 Å². The molecule has 0 saturated carbocycles. The molecular weight excluding hydrogens is 372 g/mol. The minimum atomic E-state index is -0.195. The van der Waals surface area contributed by atoms with E-state index in [1.807, 2.05) is 54.6 Å². The minimum absolute atomic E-state index is 0.195. The first-order valence-electron chi connectivity index (χ1n) is 9.26. The number of hydrogen-bond acceptors (Lipinski definition) is 4. The van der Waals surface area contributed by atoms with Gasteiger partial charge in [0, 0.05) is 24.2 Å². The van der Waals surface area contributed by atoms with Crippen molar-refractivity contribution in [2.24, 2.45) is 0 Å². The number of nitrogens with zero attached hydrogens (tertiary/aromatic N) is 2. The Hall–Kier alpha value is -2.92. The molecule has 0 bridgehead atoms. The monoisotopic (exact) mass is 394 g/mol. The maximum absolute atomic E-state index is 12.4. The van der Waals surface area contributed by atoms with Crippen LogP contribution in [0.5, 0.6) is 0 Å². The van der Waals surface area contributed by atoms with Gasteiger partial charge in [0.05, 0.1) is 0 Å². The Morgan fingerprint density at radius 2 is 1.68 bits per heavy atom. The third-order valence-electron chi connectivity index (χ3n) is 4.22. The van der Waals surface area contributed by atoms with Gasteiger partial charge in [0.1, 0.15) is 17.3 Å². The SMILES string of the molecule is Cc1nc(NCCc2cccc(Cl)c2)cc(C(=O)NCCc2ccccc2)n1. The average Bonchev–Trinajstić information content (AvgIpc) is 2.68. The van der Waals surface area contributed by atoms with E-state index in [4.69, 9.17) is 11.6 Å². The van der Waals surface area contributed by atoms with Gasteiger partial charge in [-0.15, -0.1) is 0 Å². The molecule has 1 aromatic heterocycles. The fourth-order valence-electron chi connectivity index (χ4n) is 2.86. The lowest BCUT2D eigenvalue weighted by Crippen LogP contribution is -2.27. The van der Waals surface area contributed by atoms with Crippen LogP contribution in [0.25, 0.3) is 0 Å². The van der Waals surface area contributed by atoms with Crippen molar-refractivity contribution in [1.29, 1.82) is 0 Å². The maximum Gasteiger partial charge on any atom is 0.270 e. The van der Waals surface area contributed by atoms with Crippen molar-refractivity contribution in [3.8, 4) is 0 Å². The van der Waals surface area contributed by atoms with E-state index in [-0.39, 0.29) is 5.91 Å². The summed E-state index contributed by atoms with van der Waals surface area (Å²) in [4.78, 5) is 21.0. The molecule has 0 saturated heterocycles. The van der Waals surface area contributed by atoms with Crippen molar-refractivity contribution >= 4 is 23.3 Å². The second-order valence-corrected chi connectivity index (χ2v) is 6.92. The highest BCUT2D eigenvalue weighted by Crippen LogP contribution is 2.12. The van der Waals surface area contributed by atoms with Crippen LogP contribution in [0.15, 0.2) is 60.7 Å². The Labute approximate surface area is 170 Å². The molecule has 28 heavy (non-hydrogen) atoms. The summed E-state index contributed by atoms with van der Waals surface area (Å²) in [6, 6.07) is 19.5. The standard InChI is InChI=1S/C22H23ClN4O/c1-16-26-20(22(28)25-13-10-17-6-3-2-4-7-17)15-21(27-16)24-12-11-18-8-5-9-19(23)14-18/h2-9,14-15H,10-13H2,1H3,(H,25,28)(H,24,26,27). The number of anilines is 1. The van der Waals surface area contributed by atoms with Crippen LogP contribution >= 0.6 is 11.6 Å². The lowest BCUT2D eigenvalue weighted by Gasteiger charge is -2.09.